The van der Waals surface area contributed by atoms with Crippen LogP contribution in [0.3, 0.4) is 0 Å². The second-order valence-corrected chi connectivity index (χ2v) is 5.26. The largest absolute Gasteiger partial charge is 0.452 e. The highest BCUT2D eigenvalue weighted by atomic mass is 79.9. The van der Waals surface area contributed by atoms with Gasteiger partial charge in [-0.3, -0.25) is 0 Å². The van der Waals surface area contributed by atoms with Gasteiger partial charge >= 0.3 is 0 Å². The van der Waals surface area contributed by atoms with Crippen LogP contribution in [0.25, 0.3) is 0 Å². The van der Waals surface area contributed by atoms with Gasteiger partial charge in [-0.1, -0.05) is 11.6 Å². The van der Waals surface area contributed by atoms with Crippen LogP contribution < -0.4 is 5.32 Å². The molecule has 84 valence electrons. The van der Waals surface area contributed by atoms with Crippen molar-refractivity contribution in [2.75, 3.05) is 5.32 Å². The lowest BCUT2D eigenvalue weighted by atomic mass is 10.3. The molecule has 2 aromatic rings. The van der Waals surface area contributed by atoms with Crippen LogP contribution >= 0.6 is 43.5 Å². The van der Waals surface area contributed by atoms with Gasteiger partial charge in [-0.25, -0.2) is 0 Å². The van der Waals surface area contributed by atoms with E-state index in [1.807, 2.05) is 30.3 Å². The number of benzene rings is 1. The summed E-state index contributed by atoms with van der Waals surface area (Å²) >= 11 is 12.6. The van der Waals surface area contributed by atoms with E-state index in [0.29, 0.717) is 11.6 Å². The summed E-state index contributed by atoms with van der Waals surface area (Å²) < 4.78 is 7.05. The summed E-state index contributed by atoms with van der Waals surface area (Å²) in [7, 11) is 0. The zero-order valence-electron chi connectivity index (χ0n) is 8.14. The molecule has 16 heavy (non-hydrogen) atoms. The maximum absolute atomic E-state index is 5.85. The number of hydrogen-bond acceptors (Lipinski definition) is 2. The van der Waals surface area contributed by atoms with E-state index in [1.165, 1.54) is 0 Å². The fourth-order valence-electron chi connectivity index (χ4n) is 1.26. The molecule has 0 atom stereocenters. The molecule has 0 spiro atoms. The molecule has 0 bridgehead atoms. The van der Waals surface area contributed by atoms with E-state index in [0.717, 1.165) is 20.6 Å². The van der Waals surface area contributed by atoms with Crippen molar-refractivity contribution < 1.29 is 4.42 Å². The Morgan fingerprint density at radius 3 is 2.62 bits per heavy atom. The van der Waals surface area contributed by atoms with Gasteiger partial charge in [0.25, 0.3) is 0 Å². The van der Waals surface area contributed by atoms with Crippen molar-refractivity contribution in [2.24, 2.45) is 0 Å². The number of halogens is 3. The first kappa shape index (κ1) is 12.0. The minimum absolute atomic E-state index is 0.631. The van der Waals surface area contributed by atoms with Gasteiger partial charge < -0.3 is 9.73 Å². The maximum atomic E-state index is 5.85. The topological polar surface area (TPSA) is 25.2 Å². The standard InChI is InChI=1S/C11H8Br2ClNO/c12-9-5-7(14)1-3-10(9)15-6-8-2-4-11(13)16-8/h1-5,15H,6H2. The predicted octanol–water partition coefficient (Wildman–Crippen LogP) is 5.07. The molecule has 0 aliphatic carbocycles. The molecule has 1 aromatic carbocycles. The van der Waals surface area contributed by atoms with Crippen LogP contribution in [0.2, 0.25) is 5.02 Å². The van der Waals surface area contributed by atoms with Crippen LogP contribution in [-0.2, 0) is 6.54 Å². The van der Waals surface area contributed by atoms with Crippen molar-refractivity contribution in [3.63, 3.8) is 0 Å². The van der Waals surface area contributed by atoms with E-state index in [-0.39, 0.29) is 0 Å². The Labute approximate surface area is 115 Å². The van der Waals surface area contributed by atoms with Crippen LogP contribution in [0.1, 0.15) is 5.76 Å². The first-order valence-electron chi connectivity index (χ1n) is 4.58. The minimum Gasteiger partial charge on any atom is -0.452 e. The summed E-state index contributed by atoms with van der Waals surface area (Å²) in [6, 6.07) is 9.40. The van der Waals surface area contributed by atoms with Crippen molar-refractivity contribution in [1.29, 1.82) is 0 Å². The summed E-state index contributed by atoms with van der Waals surface area (Å²) in [5.41, 5.74) is 0.983. The number of anilines is 1. The van der Waals surface area contributed by atoms with Gasteiger partial charge in [0.05, 0.1) is 6.54 Å². The SMILES string of the molecule is Clc1ccc(NCc2ccc(Br)o2)c(Br)c1. The lowest BCUT2D eigenvalue weighted by molar-refractivity contribution is 0.495. The van der Waals surface area contributed by atoms with E-state index in [4.69, 9.17) is 16.0 Å². The van der Waals surface area contributed by atoms with Gasteiger partial charge in [0.15, 0.2) is 4.67 Å². The zero-order chi connectivity index (χ0) is 11.5. The number of hydrogen-bond donors (Lipinski definition) is 1. The van der Waals surface area contributed by atoms with Crippen molar-refractivity contribution >= 4 is 49.1 Å². The quantitative estimate of drug-likeness (QED) is 0.821. The molecule has 2 rings (SSSR count). The first-order valence-corrected chi connectivity index (χ1v) is 6.54. The first-order chi connectivity index (χ1) is 7.65. The third-order valence-corrected chi connectivity index (χ3v) is 3.33. The lowest BCUT2D eigenvalue weighted by Crippen LogP contribution is -1.98. The third kappa shape index (κ3) is 3.03. The second-order valence-electron chi connectivity index (χ2n) is 3.18. The second kappa shape index (κ2) is 5.25. The van der Waals surface area contributed by atoms with E-state index < -0.39 is 0 Å². The molecule has 1 aromatic heterocycles. The molecule has 0 saturated carbocycles. The Morgan fingerprint density at radius 1 is 1.19 bits per heavy atom. The Morgan fingerprint density at radius 2 is 2.00 bits per heavy atom. The average Bonchev–Trinajstić information content (AvgIpc) is 2.63. The van der Waals surface area contributed by atoms with Crippen molar-refractivity contribution in [3.8, 4) is 0 Å². The smallest absolute Gasteiger partial charge is 0.169 e. The van der Waals surface area contributed by atoms with Crippen LogP contribution in [0, 0.1) is 0 Å². The fourth-order valence-corrected chi connectivity index (χ4v) is 2.42. The molecule has 2 nitrogen and oxygen atoms in total. The van der Waals surface area contributed by atoms with Gasteiger partial charge in [0.2, 0.25) is 0 Å². The van der Waals surface area contributed by atoms with Gasteiger partial charge in [-0.05, 0) is 62.2 Å². The molecule has 0 radical (unpaired) electrons. The highest BCUT2D eigenvalue weighted by Gasteiger charge is 2.02. The van der Waals surface area contributed by atoms with Crippen LogP contribution in [0.4, 0.5) is 5.69 Å². The summed E-state index contributed by atoms with van der Waals surface area (Å²) in [6.07, 6.45) is 0. The summed E-state index contributed by atoms with van der Waals surface area (Å²) in [4.78, 5) is 0. The molecular formula is C11H8Br2ClNO. The number of nitrogens with one attached hydrogen (secondary N) is 1. The van der Waals surface area contributed by atoms with Gasteiger partial charge in [0, 0.05) is 15.2 Å². The highest BCUT2D eigenvalue weighted by molar-refractivity contribution is 9.10. The Hall–Kier alpha value is -0.450. The van der Waals surface area contributed by atoms with E-state index in [9.17, 15) is 0 Å². The molecule has 1 heterocycles. The number of rotatable bonds is 3. The fraction of sp³-hybridized carbons (Fsp3) is 0.0909. The van der Waals surface area contributed by atoms with Crippen molar-refractivity contribution in [3.05, 3.63) is 50.3 Å². The molecule has 0 saturated heterocycles. The molecule has 0 unspecified atom stereocenters. The normalized spacial score (nSPS) is 10.4. The Bertz CT molecular complexity index is 498. The molecule has 0 fully saturated rings. The monoisotopic (exact) mass is 363 g/mol. The van der Waals surface area contributed by atoms with E-state index >= 15 is 0 Å². The van der Waals surface area contributed by atoms with Gasteiger partial charge in [-0.15, -0.1) is 0 Å². The average molecular weight is 365 g/mol. The third-order valence-electron chi connectivity index (χ3n) is 2.01. The molecular weight excluding hydrogens is 357 g/mol. The Balaban J connectivity index is 2.04. The zero-order valence-corrected chi connectivity index (χ0v) is 12.1. The summed E-state index contributed by atoms with van der Waals surface area (Å²) in [5.74, 6) is 0.869. The van der Waals surface area contributed by atoms with Gasteiger partial charge in [-0.2, -0.15) is 0 Å². The van der Waals surface area contributed by atoms with Crippen LogP contribution in [-0.4, -0.2) is 0 Å². The van der Waals surface area contributed by atoms with Gasteiger partial charge in [0.1, 0.15) is 5.76 Å². The van der Waals surface area contributed by atoms with E-state index in [1.54, 1.807) is 0 Å². The molecule has 1 N–H and O–H groups in total. The van der Waals surface area contributed by atoms with Crippen LogP contribution in [0.15, 0.2) is 43.9 Å². The van der Waals surface area contributed by atoms with Crippen molar-refractivity contribution in [2.45, 2.75) is 6.54 Å². The molecule has 0 aliphatic heterocycles. The molecule has 0 aliphatic rings. The Kier molecular flexibility index (Phi) is 3.95. The van der Waals surface area contributed by atoms with Crippen molar-refractivity contribution in [1.82, 2.24) is 0 Å². The molecule has 0 amide bonds. The molecule has 5 heteroatoms. The lowest BCUT2D eigenvalue weighted by Gasteiger charge is -2.06. The predicted molar refractivity (Wildman–Crippen MR) is 72.9 cm³/mol. The van der Waals surface area contributed by atoms with Crippen LogP contribution in [0.5, 0.6) is 0 Å². The minimum atomic E-state index is 0.631. The highest BCUT2D eigenvalue weighted by Crippen LogP contribution is 2.26. The number of furan rings is 1. The van der Waals surface area contributed by atoms with E-state index in [2.05, 4.69) is 37.2 Å². The summed E-state index contributed by atoms with van der Waals surface area (Å²) in [6.45, 7) is 0.631. The summed E-state index contributed by atoms with van der Waals surface area (Å²) in [5, 5.41) is 3.96. The maximum Gasteiger partial charge on any atom is 0.169 e.